The van der Waals surface area contributed by atoms with Crippen LogP contribution in [0.1, 0.15) is 37.4 Å². The van der Waals surface area contributed by atoms with Crippen molar-refractivity contribution < 1.29 is 14.6 Å². The molecule has 3 nitrogen and oxygen atoms in total. The summed E-state index contributed by atoms with van der Waals surface area (Å²) in [7, 11) is 1.59. The molecule has 1 aromatic rings. The molecule has 1 aliphatic rings. The Balaban J connectivity index is 2.06. The smallest absolute Gasteiger partial charge is 0.138 e. The molecular formula is C14H18BrClO3. The second kappa shape index (κ2) is 6.93. The minimum Gasteiger partial charge on any atom is -0.495 e. The second-order valence-electron chi connectivity index (χ2n) is 4.74. The molecular weight excluding hydrogens is 332 g/mol. The van der Waals surface area contributed by atoms with E-state index in [0.717, 1.165) is 35.9 Å². The predicted molar refractivity (Wildman–Crippen MR) is 78.9 cm³/mol. The van der Waals surface area contributed by atoms with Crippen molar-refractivity contribution in [3.63, 3.8) is 0 Å². The molecule has 1 saturated heterocycles. The average molecular weight is 350 g/mol. The summed E-state index contributed by atoms with van der Waals surface area (Å²) in [6, 6.07) is 3.52. The SMILES string of the molecule is COc1c(Br)cc(Cl)cc1C(O)CCC1CCCO1. The molecule has 1 heterocycles. The first kappa shape index (κ1) is 15.1. The van der Waals surface area contributed by atoms with Crippen molar-refractivity contribution >= 4 is 27.5 Å². The van der Waals surface area contributed by atoms with Crippen LogP contribution in [0.4, 0.5) is 0 Å². The van der Waals surface area contributed by atoms with Gasteiger partial charge in [-0.3, -0.25) is 0 Å². The van der Waals surface area contributed by atoms with Gasteiger partial charge in [-0.2, -0.15) is 0 Å². The number of rotatable bonds is 5. The van der Waals surface area contributed by atoms with Crippen LogP contribution < -0.4 is 4.74 Å². The molecule has 5 heteroatoms. The zero-order valence-electron chi connectivity index (χ0n) is 10.9. The van der Waals surface area contributed by atoms with Gasteiger partial charge in [0.15, 0.2) is 0 Å². The van der Waals surface area contributed by atoms with Crippen molar-refractivity contribution in [3.8, 4) is 5.75 Å². The van der Waals surface area contributed by atoms with E-state index in [1.54, 1.807) is 19.2 Å². The monoisotopic (exact) mass is 348 g/mol. The van der Waals surface area contributed by atoms with E-state index in [4.69, 9.17) is 21.1 Å². The molecule has 2 rings (SSSR count). The van der Waals surface area contributed by atoms with Gasteiger partial charge in [0.1, 0.15) is 5.75 Å². The van der Waals surface area contributed by atoms with Crippen LogP contribution in [0.5, 0.6) is 5.75 Å². The third-order valence-electron chi connectivity index (χ3n) is 3.39. The van der Waals surface area contributed by atoms with Crippen molar-refractivity contribution in [1.29, 1.82) is 0 Å². The van der Waals surface area contributed by atoms with Gasteiger partial charge in [0.05, 0.1) is 23.8 Å². The number of aliphatic hydroxyl groups excluding tert-OH is 1. The Bertz CT molecular complexity index is 433. The van der Waals surface area contributed by atoms with Gasteiger partial charge in [-0.25, -0.2) is 0 Å². The highest BCUT2D eigenvalue weighted by Crippen LogP contribution is 2.37. The fraction of sp³-hybridized carbons (Fsp3) is 0.571. The number of aliphatic hydroxyl groups is 1. The van der Waals surface area contributed by atoms with E-state index in [1.165, 1.54) is 0 Å². The van der Waals surface area contributed by atoms with Crippen molar-refractivity contribution in [2.24, 2.45) is 0 Å². The molecule has 0 bridgehead atoms. The van der Waals surface area contributed by atoms with Crippen molar-refractivity contribution in [2.45, 2.75) is 37.9 Å². The van der Waals surface area contributed by atoms with Gasteiger partial charge in [0, 0.05) is 17.2 Å². The van der Waals surface area contributed by atoms with Crippen LogP contribution >= 0.6 is 27.5 Å². The maximum atomic E-state index is 10.3. The number of ether oxygens (including phenoxy) is 2. The van der Waals surface area contributed by atoms with Gasteiger partial charge in [-0.05, 0) is 53.7 Å². The lowest BCUT2D eigenvalue weighted by molar-refractivity contribution is 0.0805. The lowest BCUT2D eigenvalue weighted by atomic mass is 10.0. The average Bonchev–Trinajstić information content (AvgIpc) is 2.88. The summed E-state index contributed by atoms with van der Waals surface area (Å²) in [5.41, 5.74) is 0.722. The molecule has 0 aliphatic carbocycles. The molecule has 1 N–H and O–H groups in total. The van der Waals surface area contributed by atoms with Gasteiger partial charge >= 0.3 is 0 Å². The van der Waals surface area contributed by atoms with Gasteiger partial charge in [0.25, 0.3) is 0 Å². The van der Waals surface area contributed by atoms with Crippen molar-refractivity contribution in [1.82, 2.24) is 0 Å². The Morgan fingerprint density at radius 1 is 1.58 bits per heavy atom. The summed E-state index contributed by atoms with van der Waals surface area (Å²) in [6.45, 7) is 0.840. The lowest BCUT2D eigenvalue weighted by Gasteiger charge is -2.18. The molecule has 0 saturated carbocycles. The standard InChI is InChI=1S/C14H18BrClO3/c1-18-14-11(7-9(16)8-12(14)15)13(17)5-4-10-3-2-6-19-10/h7-8,10,13,17H,2-6H2,1H3. The van der Waals surface area contributed by atoms with E-state index in [-0.39, 0.29) is 6.10 Å². The van der Waals surface area contributed by atoms with E-state index < -0.39 is 6.10 Å². The molecule has 19 heavy (non-hydrogen) atoms. The molecule has 2 unspecified atom stereocenters. The Morgan fingerprint density at radius 3 is 3.00 bits per heavy atom. The fourth-order valence-electron chi connectivity index (χ4n) is 2.41. The number of methoxy groups -OCH3 is 1. The molecule has 0 amide bonds. The fourth-order valence-corrected chi connectivity index (χ4v) is 3.41. The Morgan fingerprint density at radius 2 is 2.37 bits per heavy atom. The molecule has 0 spiro atoms. The highest BCUT2D eigenvalue weighted by molar-refractivity contribution is 9.10. The minimum absolute atomic E-state index is 0.281. The van der Waals surface area contributed by atoms with E-state index in [9.17, 15) is 5.11 Å². The third-order valence-corrected chi connectivity index (χ3v) is 4.19. The highest BCUT2D eigenvalue weighted by atomic mass is 79.9. The van der Waals surface area contributed by atoms with Crippen LogP contribution in [0.15, 0.2) is 16.6 Å². The van der Waals surface area contributed by atoms with Crippen molar-refractivity contribution in [2.75, 3.05) is 13.7 Å². The maximum absolute atomic E-state index is 10.3. The van der Waals surface area contributed by atoms with E-state index in [1.807, 2.05) is 0 Å². The zero-order valence-corrected chi connectivity index (χ0v) is 13.2. The summed E-state index contributed by atoms with van der Waals surface area (Å²) in [4.78, 5) is 0. The number of hydrogen-bond acceptors (Lipinski definition) is 3. The highest BCUT2D eigenvalue weighted by Gasteiger charge is 2.21. The van der Waals surface area contributed by atoms with Crippen LogP contribution in [0.2, 0.25) is 5.02 Å². The number of halogens is 2. The van der Waals surface area contributed by atoms with Crippen LogP contribution in [-0.4, -0.2) is 24.9 Å². The van der Waals surface area contributed by atoms with E-state index >= 15 is 0 Å². The van der Waals surface area contributed by atoms with Gasteiger partial charge in [-0.1, -0.05) is 11.6 Å². The molecule has 0 radical (unpaired) electrons. The zero-order chi connectivity index (χ0) is 13.8. The maximum Gasteiger partial charge on any atom is 0.138 e. The normalized spacial score (nSPS) is 20.5. The van der Waals surface area contributed by atoms with E-state index in [0.29, 0.717) is 17.2 Å². The molecule has 1 fully saturated rings. The topological polar surface area (TPSA) is 38.7 Å². The predicted octanol–water partition coefficient (Wildman–Crippen LogP) is 4.10. The largest absolute Gasteiger partial charge is 0.495 e. The molecule has 1 aromatic carbocycles. The third kappa shape index (κ3) is 3.85. The van der Waals surface area contributed by atoms with Gasteiger partial charge < -0.3 is 14.6 Å². The second-order valence-corrected chi connectivity index (χ2v) is 6.03. The first-order chi connectivity index (χ1) is 9.11. The Hall–Kier alpha value is -0.290. The Kier molecular flexibility index (Phi) is 5.51. The summed E-state index contributed by atoms with van der Waals surface area (Å²) < 4.78 is 11.7. The molecule has 2 atom stereocenters. The number of benzene rings is 1. The quantitative estimate of drug-likeness (QED) is 0.869. The first-order valence-electron chi connectivity index (χ1n) is 6.44. The summed E-state index contributed by atoms with van der Waals surface area (Å²) >= 11 is 9.43. The first-order valence-corrected chi connectivity index (χ1v) is 7.61. The van der Waals surface area contributed by atoms with E-state index in [2.05, 4.69) is 15.9 Å². The van der Waals surface area contributed by atoms with Crippen molar-refractivity contribution in [3.05, 3.63) is 27.2 Å². The van der Waals surface area contributed by atoms with Crippen LogP contribution in [-0.2, 0) is 4.74 Å². The molecule has 106 valence electrons. The van der Waals surface area contributed by atoms with Crippen LogP contribution in [0, 0.1) is 0 Å². The molecule has 1 aliphatic heterocycles. The number of hydrogen-bond donors (Lipinski definition) is 1. The Labute approximate surface area is 127 Å². The van der Waals surface area contributed by atoms with Gasteiger partial charge in [-0.15, -0.1) is 0 Å². The minimum atomic E-state index is -0.589. The summed E-state index contributed by atoms with van der Waals surface area (Å²) in [5, 5.41) is 10.9. The molecule has 0 aromatic heterocycles. The summed E-state index contributed by atoms with van der Waals surface area (Å²) in [6.07, 6.45) is 3.40. The lowest BCUT2D eigenvalue weighted by Crippen LogP contribution is -2.09. The summed E-state index contributed by atoms with van der Waals surface area (Å²) in [5.74, 6) is 0.643. The van der Waals surface area contributed by atoms with Gasteiger partial charge in [0.2, 0.25) is 0 Å². The van der Waals surface area contributed by atoms with Crippen LogP contribution in [0.3, 0.4) is 0 Å². The van der Waals surface area contributed by atoms with Crippen LogP contribution in [0.25, 0.3) is 0 Å².